The zero-order chi connectivity index (χ0) is 23.7. The average Bonchev–Trinajstić information content (AvgIpc) is 3.48. The summed E-state index contributed by atoms with van der Waals surface area (Å²) in [5.74, 6) is 0.525. The third-order valence-corrected chi connectivity index (χ3v) is 7.40. The summed E-state index contributed by atoms with van der Waals surface area (Å²) in [6.07, 6.45) is 1.59. The van der Waals surface area contributed by atoms with Gasteiger partial charge in [-0.25, -0.2) is 4.98 Å². The highest BCUT2D eigenvalue weighted by molar-refractivity contribution is 7.19. The molecule has 170 valence electrons. The van der Waals surface area contributed by atoms with Gasteiger partial charge in [-0.2, -0.15) is 0 Å². The van der Waals surface area contributed by atoms with E-state index in [1.807, 2.05) is 23.6 Å². The number of methoxy groups -OCH3 is 1. The van der Waals surface area contributed by atoms with E-state index in [0.29, 0.717) is 23.2 Å². The van der Waals surface area contributed by atoms with Gasteiger partial charge < -0.3 is 10.1 Å². The summed E-state index contributed by atoms with van der Waals surface area (Å²) in [5.41, 5.74) is 3.01. The van der Waals surface area contributed by atoms with Crippen molar-refractivity contribution in [3.8, 4) is 16.2 Å². The number of hydrogen-bond donors (Lipinski definition) is 1. The van der Waals surface area contributed by atoms with Crippen LogP contribution in [0.25, 0.3) is 20.7 Å². The third-order valence-electron chi connectivity index (χ3n) is 5.48. The number of aryl methyl sites for hydroxylation is 1. The number of fused-ring (bicyclic) bond motifs is 1. The molecule has 0 saturated carbocycles. The molecule has 1 amide bonds. The summed E-state index contributed by atoms with van der Waals surface area (Å²) in [6, 6.07) is 18.5. The summed E-state index contributed by atoms with van der Waals surface area (Å²) < 4.78 is 6.75. The van der Waals surface area contributed by atoms with Gasteiger partial charge in [0.1, 0.15) is 10.6 Å². The lowest BCUT2D eigenvalue weighted by molar-refractivity contribution is 0.102. The molecule has 1 N–H and O–H groups in total. The summed E-state index contributed by atoms with van der Waals surface area (Å²) in [5, 5.41) is 5.53. The van der Waals surface area contributed by atoms with E-state index >= 15 is 0 Å². The van der Waals surface area contributed by atoms with Gasteiger partial charge in [-0.1, -0.05) is 12.1 Å². The van der Waals surface area contributed by atoms with Crippen molar-refractivity contribution in [1.29, 1.82) is 0 Å². The van der Waals surface area contributed by atoms with Gasteiger partial charge in [0.2, 0.25) is 0 Å². The Morgan fingerprint density at radius 1 is 1.06 bits per heavy atom. The van der Waals surface area contributed by atoms with Crippen molar-refractivity contribution in [2.75, 3.05) is 12.4 Å². The Morgan fingerprint density at radius 3 is 2.50 bits per heavy atom. The van der Waals surface area contributed by atoms with E-state index in [1.54, 1.807) is 65.7 Å². The van der Waals surface area contributed by atoms with Crippen molar-refractivity contribution in [2.24, 2.45) is 0 Å². The van der Waals surface area contributed by atoms with Crippen LogP contribution in [0.3, 0.4) is 0 Å². The number of rotatable bonds is 6. The fourth-order valence-corrected chi connectivity index (χ4v) is 5.54. The quantitative estimate of drug-likeness (QED) is 0.328. The van der Waals surface area contributed by atoms with Crippen LogP contribution in [0.15, 0.2) is 77.2 Å². The number of benzene rings is 2. The molecule has 3 heterocycles. The Labute approximate surface area is 204 Å². The van der Waals surface area contributed by atoms with Crippen molar-refractivity contribution in [1.82, 2.24) is 9.55 Å². The highest BCUT2D eigenvalue weighted by Gasteiger charge is 2.15. The minimum Gasteiger partial charge on any atom is -0.497 e. The summed E-state index contributed by atoms with van der Waals surface area (Å²) in [6.45, 7) is 2.43. The highest BCUT2D eigenvalue weighted by atomic mass is 32.1. The largest absolute Gasteiger partial charge is 0.497 e. The molecule has 5 aromatic rings. The minimum absolute atomic E-state index is 0.0615. The number of carbonyl (C=O) groups is 1. The Hall–Kier alpha value is -3.75. The molecule has 3 aromatic heterocycles. The van der Waals surface area contributed by atoms with E-state index in [4.69, 9.17) is 4.74 Å². The summed E-state index contributed by atoms with van der Waals surface area (Å²) in [4.78, 5) is 33.4. The van der Waals surface area contributed by atoms with Crippen LogP contribution < -0.4 is 15.6 Å². The Morgan fingerprint density at radius 2 is 1.82 bits per heavy atom. The van der Waals surface area contributed by atoms with E-state index in [1.165, 1.54) is 16.2 Å². The number of thiophene rings is 2. The molecule has 0 unspecified atom stereocenters. The van der Waals surface area contributed by atoms with Gasteiger partial charge in [-0.15, -0.1) is 22.7 Å². The van der Waals surface area contributed by atoms with Gasteiger partial charge >= 0.3 is 0 Å². The maximum atomic E-state index is 13.3. The molecule has 0 radical (unpaired) electrons. The lowest BCUT2D eigenvalue weighted by Crippen LogP contribution is -2.21. The predicted molar refractivity (Wildman–Crippen MR) is 138 cm³/mol. The van der Waals surface area contributed by atoms with Crippen molar-refractivity contribution >= 4 is 44.5 Å². The molecule has 2 aromatic carbocycles. The van der Waals surface area contributed by atoms with Crippen LogP contribution in [-0.2, 0) is 6.54 Å². The molecule has 0 spiro atoms. The second kappa shape index (κ2) is 9.24. The number of anilines is 1. The molecule has 0 bridgehead atoms. The van der Waals surface area contributed by atoms with Crippen LogP contribution >= 0.6 is 22.7 Å². The molecule has 8 heteroatoms. The molecule has 0 atom stereocenters. The number of hydrogen-bond acceptors (Lipinski definition) is 6. The SMILES string of the molecule is COc1ccc(NC(=O)c2ccc(Cn3cnc4scc(-c5ccc(C)s5)c4c3=O)cc2)cc1. The number of aromatic nitrogens is 2. The summed E-state index contributed by atoms with van der Waals surface area (Å²) >= 11 is 3.16. The first-order valence-electron chi connectivity index (χ1n) is 10.6. The molecule has 34 heavy (non-hydrogen) atoms. The standard InChI is InChI=1S/C26H21N3O3S2/c1-16-3-12-22(34-16)21-14-33-25-23(21)26(31)29(15-27-25)13-17-4-6-18(7-5-17)24(30)28-19-8-10-20(32-2)11-9-19/h3-12,14-15H,13H2,1-2H3,(H,28,30). The van der Waals surface area contributed by atoms with E-state index in [-0.39, 0.29) is 11.5 Å². The monoisotopic (exact) mass is 487 g/mol. The van der Waals surface area contributed by atoms with Gasteiger partial charge in [-0.3, -0.25) is 14.2 Å². The Balaban J connectivity index is 1.35. The first kappa shape index (κ1) is 22.1. The zero-order valence-electron chi connectivity index (χ0n) is 18.6. The van der Waals surface area contributed by atoms with Crippen LogP contribution in [0.4, 0.5) is 5.69 Å². The lowest BCUT2D eigenvalue weighted by atomic mass is 10.1. The third kappa shape index (κ3) is 4.37. The van der Waals surface area contributed by atoms with Gasteiger partial charge in [0.05, 0.1) is 25.4 Å². The van der Waals surface area contributed by atoms with Crippen LogP contribution in [0.1, 0.15) is 20.8 Å². The number of nitrogens with zero attached hydrogens (tertiary/aromatic N) is 2. The maximum Gasteiger partial charge on any atom is 0.263 e. The number of carbonyl (C=O) groups excluding carboxylic acids is 1. The Kier molecular flexibility index (Phi) is 6.00. The molecular formula is C26H21N3O3S2. The van der Waals surface area contributed by atoms with Crippen LogP contribution in [0.5, 0.6) is 5.75 Å². The predicted octanol–water partition coefficient (Wildman–Crippen LogP) is 5.80. The fraction of sp³-hybridized carbons (Fsp3) is 0.115. The number of nitrogens with one attached hydrogen (secondary N) is 1. The maximum absolute atomic E-state index is 13.3. The van der Waals surface area contributed by atoms with Crippen LogP contribution in [0, 0.1) is 6.92 Å². The smallest absolute Gasteiger partial charge is 0.263 e. The second-order valence-corrected chi connectivity index (χ2v) is 9.94. The zero-order valence-corrected chi connectivity index (χ0v) is 20.2. The highest BCUT2D eigenvalue weighted by Crippen LogP contribution is 2.34. The molecule has 0 aliphatic carbocycles. The average molecular weight is 488 g/mol. The first-order chi connectivity index (χ1) is 16.5. The van der Waals surface area contributed by atoms with E-state index in [9.17, 15) is 9.59 Å². The molecule has 0 saturated heterocycles. The summed E-state index contributed by atoms with van der Waals surface area (Å²) in [7, 11) is 1.60. The van der Waals surface area contributed by atoms with Crippen molar-refractivity contribution in [3.63, 3.8) is 0 Å². The van der Waals surface area contributed by atoms with Crippen molar-refractivity contribution in [3.05, 3.63) is 98.7 Å². The lowest BCUT2D eigenvalue weighted by Gasteiger charge is -2.09. The van der Waals surface area contributed by atoms with Gasteiger partial charge in [-0.05, 0) is 61.0 Å². The second-order valence-electron chi connectivity index (χ2n) is 7.80. The number of ether oxygens (including phenoxy) is 1. The molecule has 5 rings (SSSR count). The molecule has 0 aliphatic heterocycles. The van der Waals surface area contributed by atoms with Gasteiger partial charge in [0, 0.05) is 31.9 Å². The van der Waals surface area contributed by atoms with Crippen molar-refractivity contribution in [2.45, 2.75) is 13.5 Å². The minimum atomic E-state index is -0.203. The fourth-order valence-electron chi connectivity index (χ4n) is 3.68. The Bertz CT molecular complexity index is 1530. The number of amides is 1. The molecular weight excluding hydrogens is 466 g/mol. The van der Waals surface area contributed by atoms with E-state index < -0.39 is 0 Å². The van der Waals surface area contributed by atoms with E-state index in [2.05, 4.69) is 23.3 Å². The topological polar surface area (TPSA) is 73.2 Å². The van der Waals surface area contributed by atoms with Crippen molar-refractivity contribution < 1.29 is 9.53 Å². The van der Waals surface area contributed by atoms with Crippen LogP contribution in [0.2, 0.25) is 0 Å². The first-order valence-corrected chi connectivity index (χ1v) is 12.3. The molecule has 0 aliphatic rings. The molecule has 6 nitrogen and oxygen atoms in total. The van der Waals surface area contributed by atoms with Gasteiger partial charge in [0.25, 0.3) is 11.5 Å². The normalized spacial score (nSPS) is 11.0. The van der Waals surface area contributed by atoms with Gasteiger partial charge in [0.15, 0.2) is 0 Å². The molecule has 0 fully saturated rings. The van der Waals surface area contributed by atoms with E-state index in [0.717, 1.165) is 26.6 Å². The van der Waals surface area contributed by atoms with Crippen LogP contribution in [-0.4, -0.2) is 22.6 Å².